The van der Waals surface area contributed by atoms with E-state index in [1.54, 1.807) is 7.11 Å². The van der Waals surface area contributed by atoms with Crippen LogP contribution in [0, 0.1) is 5.92 Å². The van der Waals surface area contributed by atoms with Crippen LogP contribution in [0.15, 0.2) is 24.3 Å². The van der Waals surface area contributed by atoms with Crippen LogP contribution in [0.5, 0.6) is 5.75 Å². The minimum absolute atomic E-state index is 0.200. The van der Waals surface area contributed by atoms with Gasteiger partial charge in [0.2, 0.25) is 5.91 Å². The van der Waals surface area contributed by atoms with Gasteiger partial charge in [0.25, 0.3) is 0 Å². The van der Waals surface area contributed by atoms with E-state index >= 15 is 0 Å². The second-order valence-corrected chi connectivity index (χ2v) is 7.73. The lowest BCUT2D eigenvalue weighted by molar-refractivity contribution is -0.127. The molecule has 28 heavy (non-hydrogen) atoms. The zero-order chi connectivity index (χ0) is 19.3. The monoisotopic (exact) mass is 383 g/mol. The highest BCUT2D eigenvalue weighted by Gasteiger charge is 2.25. The maximum Gasteiger partial charge on any atom is 0.223 e. The van der Waals surface area contributed by atoms with Crippen LogP contribution in [0.25, 0.3) is 0 Å². The normalized spacial score (nSPS) is 17.5. The van der Waals surface area contributed by atoms with Gasteiger partial charge in [-0.2, -0.15) is 0 Å². The lowest BCUT2D eigenvalue weighted by Crippen LogP contribution is -2.35. The third-order valence-electron chi connectivity index (χ3n) is 5.86. The highest BCUT2D eigenvalue weighted by Crippen LogP contribution is 2.26. The number of hydrogen-bond donors (Lipinski definition) is 1. The Labute approximate surface area is 166 Å². The number of hydrogen-bond acceptors (Lipinski definition) is 5. The van der Waals surface area contributed by atoms with Crippen molar-refractivity contribution < 1.29 is 9.53 Å². The molecule has 150 valence electrons. The quantitative estimate of drug-likeness (QED) is 0.789. The van der Waals surface area contributed by atoms with E-state index in [2.05, 4.69) is 37.1 Å². The Balaban J connectivity index is 1.31. The van der Waals surface area contributed by atoms with Gasteiger partial charge < -0.3 is 14.6 Å². The van der Waals surface area contributed by atoms with Crippen molar-refractivity contribution >= 4 is 5.91 Å². The number of benzene rings is 1. The van der Waals surface area contributed by atoms with Crippen molar-refractivity contribution in [3.8, 4) is 5.75 Å². The predicted octanol–water partition coefficient (Wildman–Crippen LogP) is 1.80. The van der Waals surface area contributed by atoms with Crippen LogP contribution in [0.3, 0.4) is 0 Å². The standard InChI is InChI=1S/C21H29N5O2/c1-28-18-7-2-4-16(14-18)15-25-11-9-20-24-23-19(26(20)13-12-25)8-10-22-21(27)17-5-3-6-17/h2,4,7,14,17H,3,5-6,8-13,15H2,1H3,(H,22,27). The van der Waals surface area contributed by atoms with E-state index in [0.29, 0.717) is 6.54 Å². The van der Waals surface area contributed by atoms with Gasteiger partial charge in [-0.25, -0.2) is 0 Å². The molecule has 1 amide bonds. The molecule has 0 spiro atoms. The van der Waals surface area contributed by atoms with Gasteiger partial charge in [-0.15, -0.1) is 10.2 Å². The number of rotatable bonds is 7. The summed E-state index contributed by atoms with van der Waals surface area (Å²) in [6, 6.07) is 8.26. The molecule has 2 aromatic rings. The molecule has 7 nitrogen and oxygen atoms in total. The lowest BCUT2D eigenvalue weighted by Gasteiger charge is -2.24. The maximum absolute atomic E-state index is 12.0. The summed E-state index contributed by atoms with van der Waals surface area (Å²) in [5.41, 5.74) is 1.26. The van der Waals surface area contributed by atoms with E-state index in [-0.39, 0.29) is 11.8 Å². The number of carbonyl (C=O) groups excluding carboxylic acids is 1. The van der Waals surface area contributed by atoms with E-state index in [1.807, 2.05) is 12.1 Å². The molecule has 1 aromatic carbocycles. The number of amides is 1. The van der Waals surface area contributed by atoms with E-state index in [9.17, 15) is 4.79 Å². The van der Waals surface area contributed by atoms with Crippen LogP contribution in [0.1, 0.15) is 36.5 Å². The zero-order valence-corrected chi connectivity index (χ0v) is 16.6. The fraction of sp³-hybridized carbons (Fsp3) is 0.571. The van der Waals surface area contributed by atoms with Gasteiger partial charge in [-0.05, 0) is 30.5 Å². The molecule has 1 aromatic heterocycles. The summed E-state index contributed by atoms with van der Waals surface area (Å²) in [5, 5.41) is 11.8. The summed E-state index contributed by atoms with van der Waals surface area (Å²) in [7, 11) is 1.70. The van der Waals surface area contributed by atoms with Crippen LogP contribution in [0.2, 0.25) is 0 Å². The van der Waals surface area contributed by atoms with Gasteiger partial charge in [0.15, 0.2) is 0 Å². The second kappa shape index (κ2) is 8.73. The topological polar surface area (TPSA) is 72.3 Å². The SMILES string of the molecule is COc1cccc(CN2CCc3nnc(CCNC(=O)C4CCC4)n3CC2)c1. The van der Waals surface area contributed by atoms with Crippen LogP contribution in [-0.4, -0.2) is 52.3 Å². The first-order chi connectivity index (χ1) is 13.7. The molecular formula is C21H29N5O2. The summed E-state index contributed by atoms with van der Waals surface area (Å²) in [6.45, 7) is 4.36. The number of methoxy groups -OCH3 is 1. The molecule has 0 bridgehead atoms. The molecular weight excluding hydrogens is 354 g/mol. The average Bonchev–Trinajstić information content (AvgIpc) is 2.93. The first-order valence-electron chi connectivity index (χ1n) is 10.3. The van der Waals surface area contributed by atoms with Crippen molar-refractivity contribution in [3.63, 3.8) is 0 Å². The molecule has 1 saturated carbocycles. The van der Waals surface area contributed by atoms with Crippen molar-refractivity contribution in [1.82, 2.24) is 25.0 Å². The molecule has 0 atom stereocenters. The summed E-state index contributed by atoms with van der Waals surface area (Å²) in [6.07, 6.45) is 4.89. The molecule has 4 rings (SSSR count). The first kappa shape index (κ1) is 18.9. The predicted molar refractivity (Wildman–Crippen MR) is 106 cm³/mol. The Morgan fingerprint density at radius 1 is 1.25 bits per heavy atom. The molecule has 0 saturated heterocycles. The third kappa shape index (κ3) is 4.35. The smallest absolute Gasteiger partial charge is 0.223 e. The van der Waals surface area contributed by atoms with Gasteiger partial charge in [-0.3, -0.25) is 9.69 Å². The summed E-state index contributed by atoms with van der Waals surface area (Å²) < 4.78 is 7.57. The fourth-order valence-electron chi connectivity index (χ4n) is 3.91. The number of ether oxygens (including phenoxy) is 1. The maximum atomic E-state index is 12.0. The van der Waals surface area contributed by atoms with Gasteiger partial charge in [-0.1, -0.05) is 18.6 Å². The molecule has 2 aliphatic rings. The Kier molecular flexibility index (Phi) is 5.90. The molecule has 2 heterocycles. The van der Waals surface area contributed by atoms with Gasteiger partial charge in [0.05, 0.1) is 7.11 Å². The Morgan fingerprint density at radius 2 is 2.14 bits per heavy atom. The molecule has 7 heteroatoms. The Morgan fingerprint density at radius 3 is 2.93 bits per heavy atom. The molecule has 1 aliphatic carbocycles. The van der Waals surface area contributed by atoms with Gasteiger partial charge >= 0.3 is 0 Å². The average molecular weight is 383 g/mol. The number of fused-ring (bicyclic) bond motifs is 1. The second-order valence-electron chi connectivity index (χ2n) is 7.73. The van der Waals surface area contributed by atoms with E-state index in [4.69, 9.17) is 4.74 Å². The van der Waals surface area contributed by atoms with E-state index < -0.39 is 0 Å². The van der Waals surface area contributed by atoms with Crippen LogP contribution < -0.4 is 10.1 Å². The lowest BCUT2D eigenvalue weighted by atomic mass is 9.85. The van der Waals surface area contributed by atoms with Gasteiger partial charge in [0, 0.05) is 51.5 Å². The Bertz CT molecular complexity index is 815. The molecule has 1 N–H and O–H groups in total. The van der Waals surface area contributed by atoms with Crippen molar-refractivity contribution in [1.29, 1.82) is 0 Å². The molecule has 1 fully saturated rings. The third-order valence-corrected chi connectivity index (χ3v) is 5.86. The minimum Gasteiger partial charge on any atom is -0.497 e. The number of nitrogens with zero attached hydrogens (tertiary/aromatic N) is 4. The van der Waals surface area contributed by atoms with Crippen molar-refractivity contribution in [2.24, 2.45) is 5.92 Å². The summed E-state index contributed by atoms with van der Waals surface area (Å²) in [4.78, 5) is 14.4. The van der Waals surface area contributed by atoms with E-state index in [0.717, 1.165) is 69.3 Å². The number of nitrogens with one attached hydrogen (secondary N) is 1. The first-order valence-corrected chi connectivity index (χ1v) is 10.3. The molecule has 0 radical (unpaired) electrons. The molecule has 1 aliphatic heterocycles. The number of carbonyl (C=O) groups is 1. The van der Waals surface area contributed by atoms with Crippen LogP contribution in [-0.2, 0) is 30.7 Å². The van der Waals surface area contributed by atoms with Crippen molar-refractivity contribution in [2.75, 3.05) is 26.7 Å². The highest BCUT2D eigenvalue weighted by atomic mass is 16.5. The number of aromatic nitrogens is 3. The van der Waals surface area contributed by atoms with Crippen molar-refractivity contribution in [2.45, 2.75) is 45.2 Å². The highest BCUT2D eigenvalue weighted by molar-refractivity contribution is 5.79. The minimum atomic E-state index is 0.200. The summed E-state index contributed by atoms with van der Waals surface area (Å²) >= 11 is 0. The summed E-state index contributed by atoms with van der Waals surface area (Å²) in [5.74, 6) is 3.36. The van der Waals surface area contributed by atoms with Crippen molar-refractivity contribution in [3.05, 3.63) is 41.5 Å². The van der Waals surface area contributed by atoms with Gasteiger partial charge in [0.1, 0.15) is 17.4 Å². The van der Waals surface area contributed by atoms with Crippen LogP contribution >= 0.6 is 0 Å². The van der Waals surface area contributed by atoms with E-state index in [1.165, 1.54) is 12.0 Å². The largest absolute Gasteiger partial charge is 0.497 e. The van der Waals surface area contributed by atoms with Crippen LogP contribution in [0.4, 0.5) is 0 Å². The fourth-order valence-corrected chi connectivity index (χ4v) is 3.91. The molecule has 0 unspecified atom stereocenters. The Hall–Kier alpha value is -2.41. The zero-order valence-electron chi connectivity index (χ0n) is 16.6.